The quantitative estimate of drug-likeness (QED) is 0.904. The van der Waals surface area contributed by atoms with Crippen LogP contribution in [0.5, 0.6) is 0 Å². The van der Waals surface area contributed by atoms with Gasteiger partial charge < -0.3 is 10.8 Å². The molecule has 0 aliphatic heterocycles. The van der Waals surface area contributed by atoms with Gasteiger partial charge in [-0.05, 0) is 40.9 Å². The van der Waals surface area contributed by atoms with Crippen LogP contribution < -0.4 is 5.73 Å². The Morgan fingerprint density at radius 2 is 2.19 bits per heavy atom. The monoisotopic (exact) mass is 277 g/mol. The van der Waals surface area contributed by atoms with E-state index >= 15 is 0 Å². The van der Waals surface area contributed by atoms with Gasteiger partial charge in [-0.1, -0.05) is 11.6 Å². The lowest BCUT2D eigenvalue weighted by atomic mass is 10.0. The first-order chi connectivity index (χ1) is 7.22. The van der Waals surface area contributed by atoms with Crippen molar-refractivity contribution in [1.29, 1.82) is 0 Å². The Bertz CT molecular complexity index is 472. The van der Waals surface area contributed by atoms with Crippen LogP contribution in [0.1, 0.15) is 18.0 Å². The van der Waals surface area contributed by atoms with Crippen LogP contribution >= 0.6 is 35.3 Å². The van der Waals surface area contributed by atoms with Crippen LogP contribution in [0.4, 0.5) is 0 Å². The Labute approximate surface area is 109 Å². The van der Waals surface area contributed by atoms with Crippen molar-refractivity contribution in [2.24, 2.45) is 5.73 Å². The van der Waals surface area contributed by atoms with Crippen molar-refractivity contribution in [2.75, 3.05) is 6.61 Å². The molecule has 5 heteroatoms. The van der Waals surface area contributed by atoms with Gasteiger partial charge in [-0.2, -0.15) is 0 Å². The zero-order valence-corrected chi connectivity index (χ0v) is 10.9. The molecular formula is C11H13Cl2NOS. The number of thiophene rings is 1. The van der Waals surface area contributed by atoms with E-state index in [1.807, 2.05) is 23.6 Å². The first-order valence-electron chi connectivity index (χ1n) is 4.75. The van der Waals surface area contributed by atoms with Gasteiger partial charge in [0.2, 0.25) is 0 Å². The fourth-order valence-corrected chi connectivity index (χ4v) is 2.78. The summed E-state index contributed by atoms with van der Waals surface area (Å²) in [5.41, 5.74) is 7.05. The number of nitrogens with two attached hydrogens (primary N) is 1. The maximum absolute atomic E-state index is 8.86. The van der Waals surface area contributed by atoms with E-state index in [2.05, 4.69) is 0 Å². The van der Waals surface area contributed by atoms with Crippen molar-refractivity contribution >= 4 is 45.4 Å². The Kier molecular flexibility index (Phi) is 5.02. The molecule has 1 aromatic carbocycles. The van der Waals surface area contributed by atoms with Crippen LogP contribution in [0, 0.1) is 0 Å². The summed E-state index contributed by atoms with van der Waals surface area (Å²) in [7, 11) is 0. The Balaban J connectivity index is 0.00000128. The minimum Gasteiger partial charge on any atom is -0.396 e. The highest BCUT2D eigenvalue weighted by Crippen LogP contribution is 2.32. The van der Waals surface area contributed by atoms with Gasteiger partial charge in [-0.15, -0.1) is 23.7 Å². The first-order valence-corrected chi connectivity index (χ1v) is 6.01. The summed E-state index contributed by atoms with van der Waals surface area (Å²) in [6, 6.07) is 5.70. The van der Waals surface area contributed by atoms with Crippen molar-refractivity contribution in [1.82, 2.24) is 0 Å². The fraction of sp³-hybridized carbons (Fsp3) is 0.273. The summed E-state index contributed by atoms with van der Waals surface area (Å²) in [5, 5.41) is 12.7. The van der Waals surface area contributed by atoms with Crippen molar-refractivity contribution in [3.63, 3.8) is 0 Å². The predicted molar refractivity (Wildman–Crippen MR) is 72.7 cm³/mol. The third-order valence-corrected chi connectivity index (χ3v) is 3.62. The van der Waals surface area contributed by atoms with Gasteiger partial charge in [0.15, 0.2) is 0 Å². The molecule has 0 radical (unpaired) electrons. The molecule has 88 valence electrons. The highest BCUT2D eigenvalue weighted by molar-refractivity contribution is 7.17. The van der Waals surface area contributed by atoms with E-state index in [1.165, 1.54) is 4.70 Å². The standard InChI is InChI=1S/C11H12ClNOS.ClH/c12-7-1-2-11-8(5-7)9(6-15-11)10(13)3-4-14;/h1-2,5-6,10,14H,3-4,13H2;1H. The molecule has 2 aromatic rings. The van der Waals surface area contributed by atoms with Crippen LogP contribution in [-0.4, -0.2) is 11.7 Å². The topological polar surface area (TPSA) is 46.2 Å². The van der Waals surface area contributed by atoms with E-state index in [9.17, 15) is 0 Å². The Morgan fingerprint density at radius 1 is 1.44 bits per heavy atom. The second-order valence-electron chi connectivity index (χ2n) is 3.45. The molecule has 1 unspecified atom stereocenters. The molecule has 0 saturated heterocycles. The third-order valence-electron chi connectivity index (χ3n) is 2.41. The van der Waals surface area contributed by atoms with Gasteiger partial charge in [0.25, 0.3) is 0 Å². The van der Waals surface area contributed by atoms with Crippen LogP contribution in [0.25, 0.3) is 10.1 Å². The lowest BCUT2D eigenvalue weighted by Crippen LogP contribution is -2.11. The highest BCUT2D eigenvalue weighted by atomic mass is 35.5. The summed E-state index contributed by atoms with van der Waals surface area (Å²) in [6.07, 6.45) is 0.582. The smallest absolute Gasteiger partial charge is 0.0449 e. The molecule has 1 heterocycles. The van der Waals surface area contributed by atoms with Crippen LogP contribution in [0.2, 0.25) is 5.02 Å². The second kappa shape index (κ2) is 5.84. The van der Waals surface area contributed by atoms with E-state index in [0.717, 1.165) is 16.0 Å². The molecule has 2 nitrogen and oxygen atoms in total. The van der Waals surface area contributed by atoms with Crippen molar-refractivity contribution in [3.8, 4) is 0 Å². The number of fused-ring (bicyclic) bond motifs is 1. The largest absolute Gasteiger partial charge is 0.396 e. The minimum absolute atomic E-state index is 0. The molecule has 0 fully saturated rings. The molecule has 0 bridgehead atoms. The zero-order valence-electron chi connectivity index (χ0n) is 8.52. The predicted octanol–water partition coefficient (Wildman–Crippen LogP) is 3.36. The normalized spacial score (nSPS) is 12.4. The summed E-state index contributed by atoms with van der Waals surface area (Å²) in [5.74, 6) is 0. The van der Waals surface area contributed by atoms with Gasteiger partial charge >= 0.3 is 0 Å². The molecule has 0 aliphatic carbocycles. The lowest BCUT2D eigenvalue weighted by molar-refractivity contribution is 0.277. The van der Waals surface area contributed by atoms with E-state index < -0.39 is 0 Å². The van der Waals surface area contributed by atoms with Crippen LogP contribution in [0.3, 0.4) is 0 Å². The molecule has 0 spiro atoms. The summed E-state index contributed by atoms with van der Waals surface area (Å²) < 4.78 is 1.18. The van der Waals surface area contributed by atoms with Crippen molar-refractivity contribution in [2.45, 2.75) is 12.5 Å². The maximum Gasteiger partial charge on any atom is 0.0449 e. The first kappa shape index (κ1) is 13.7. The molecule has 1 aromatic heterocycles. The number of benzene rings is 1. The molecular weight excluding hydrogens is 265 g/mol. The zero-order chi connectivity index (χ0) is 10.8. The number of hydrogen-bond donors (Lipinski definition) is 2. The van der Waals surface area contributed by atoms with E-state index in [0.29, 0.717) is 6.42 Å². The third kappa shape index (κ3) is 2.67. The van der Waals surface area contributed by atoms with Gasteiger partial charge in [0.1, 0.15) is 0 Å². The highest BCUT2D eigenvalue weighted by Gasteiger charge is 2.11. The molecule has 16 heavy (non-hydrogen) atoms. The minimum atomic E-state index is -0.109. The number of halogens is 2. The van der Waals surface area contributed by atoms with Crippen molar-refractivity contribution < 1.29 is 5.11 Å². The van der Waals surface area contributed by atoms with E-state index in [-0.39, 0.29) is 25.1 Å². The molecule has 1 atom stereocenters. The molecule has 3 N–H and O–H groups in total. The fourth-order valence-electron chi connectivity index (χ4n) is 1.60. The lowest BCUT2D eigenvalue weighted by Gasteiger charge is -2.08. The van der Waals surface area contributed by atoms with Gasteiger partial charge in [-0.3, -0.25) is 0 Å². The van der Waals surface area contributed by atoms with Crippen LogP contribution in [-0.2, 0) is 0 Å². The summed E-state index contributed by atoms with van der Waals surface area (Å²) in [4.78, 5) is 0. The summed E-state index contributed by atoms with van der Waals surface area (Å²) >= 11 is 7.60. The number of hydrogen-bond acceptors (Lipinski definition) is 3. The number of aliphatic hydroxyl groups is 1. The van der Waals surface area contributed by atoms with Gasteiger partial charge in [0, 0.05) is 22.4 Å². The SMILES string of the molecule is Cl.NC(CCO)c1csc2ccc(Cl)cc12. The second-order valence-corrected chi connectivity index (χ2v) is 4.80. The number of rotatable bonds is 3. The molecule has 0 amide bonds. The molecule has 0 saturated carbocycles. The Hall–Kier alpha value is -0.320. The van der Waals surface area contributed by atoms with Crippen LogP contribution in [0.15, 0.2) is 23.6 Å². The average molecular weight is 278 g/mol. The summed E-state index contributed by atoms with van der Waals surface area (Å²) in [6.45, 7) is 0.110. The molecule has 2 rings (SSSR count). The van der Waals surface area contributed by atoms with E-state index in [4.69, 9.17) is 22.4 Å². The average Bonchev–Trinajstić information content (AvgIpc) is 2.60. The Morgan fingerprint density at radius 3 is 2.88 bits per heavy atom. The van der Waals surface area contributed by atoms with Gasteiger partial charge in [0.05, 0.1) is 0 Å². The van der Waals surface area contributed by atoms with Crippen molar-refractivity contribution in [3.05, 3.63) is 34.2 Å². The molecule has 0 aliphatic rings. The maximum atomic E-state index is 8.86. The van der Waals surface area contributed by atoms with E-state index in [1.54, 1.807) is 11.3 Å². The number of aliphatic hydroxyl groups excluding tert-OH is 1. The van der Waals surface area contributed by atoms with Gasteiger partial charge in [-0.25, -0.2) is 0 Å².